The maximum Gasteiger partial charge on any atom is 0.129 e. The molecule has 0 aromatic rings. The van der Waals surface area contributed by atoms with Crippen LogP contribution in [-0.4, -0.2) is 32.0 Å². The van der Waals surface area contributed by atoms with E-state index in [0.29, 0.717) is 6.61 Å². The maximum absolute atomic E-state index is 11.0. The van der Waals surface area contributed by atoms with Crippen molar-refractivity contribution in [1.82, 2.24) is 0 Å². The average molecular weight is 321 g/mol. The summed E-state index contributed by atoms with van der Waals surface area (Å²) in [6.07, 6.45) is 3.99. The van der Waals surface area contributed by atoms with E-state index in [0.717, 1.165) is 12.8 Å². The molecule has 0 bridgehead atoms. The number of hydrogen-bond donors (Lipinski definition) is 1. The highest BCUT2D eigenvalue weighted by atomic mass is 28.3. The summed E-state index contributed by atoms with van der Waals surface area (Å²) < 4.78 is 6.06. The van der Waals surface area contributed by atoms with Gasteiger partial charge in [-0.1, -0.05) is 52.4 Å². The van der Waals surface area contributed by atoms with E-state index in [1.165, 1.54) is 5.57 Å². The van der Waals surface area contributed by atoms with Crippen LogP contribution in [-0.2, 0) is 4.74 Å². The predicted octanol–water partition coefficient (Wildman–Crippen LogP) is 4.02. The summed E-state index contributed by atoms with van der Waals surface area (Å²) in [5.41, 5.74) is 4.68. The van der Waals surface area contributed by atoms with Gasteiger partial charge in [0.2, 0.25) is 0 Å². The summed E-state index contributed by atoms with van der Waals surface area (Å²) in [7, 11) is -1.48. The van der Waals surface area contributed by atoms with Crippen LogP contribution >= 0.6 is 0 Å². The summed E-state index contributed by atoms with van der Waals surface area (Å²) >= 11 is 0. The SMILES string of the molecule is C/C=C1\CO[C@H]2CCC(C)(C)[C@H]([C@@H](O)C#C[Si](C)(C)C)[C@@]12C. The van der Waals surface area contributed by atoms with E-state index >= 15 is 0 Å². The van der Waals surface area contributed by atoms with Crippen molar-refractivity contribution in [1.29, 1.82) is 0 Å². The summed E-state index contributed by atoms with van der Waals surface area (Å²) in [5.74, 6) is 3.34. The van der Waals surface area contributed by atoms with Crippen LogP contribution < -0.4 is 0 Å². The molecule has 22 heavy (non-hydrogen) atoms. The lowest BCUT2D eigenvalue weighted by molar-refractivity contribution is -0.0955. The first-order valence-corrected chi connectivity index (χ1v) is 12.0. The van der Waals surface area contributed by atoms with E-state index in [9.17, 15) is 5.11 Å². The molecule has 1 saturated heterocycles. The summed E-state index contributed by atoms with van der Waals surface area (Å²) in [4.78, 5) is 0. The van der Waals surface area contributed by atoms with Crippen molar-refractivity contribution in [3.8, 4) is 11.5 Å². The Balaban J connectivity index is 2.44. The van der Waals surface area contributed by atoms with Gasteiger partial charge in [0.15, 0.2) is 0 Å². The van der Waals surface area contributed by atoms with Crippen LogP contribution in [0.25, 0.3) is 0 Å². The smallest absolute Gasteiger partial charge is 0.129 e. The number of aliphatic hydroxyl groups is 1. The van der Waals surface area contributed by atoms with Gasteiger partial charge in [-0.05, 0) is 30.8 Å². The Kier molecular flexibility index (Phi) is 4.70. The quantitative estimate of drug-likeness (QED) is 0.449. The average Bonchev–Trinajstić information content (AvgIpc) is 2.70. The summed E-state index contributed by atoms with van der Waals surface area (Å²) in [5, 5.41) is 11.0. The van der Waals surface area contributed by atoms with Gasteiger partial charge >= 0.3 is 0 Å². The van der Waals surface area contributed by atoms with E-state index in [1.54, 1.807) is 0 Å². The van der Waals surface area contributed by atoms with E-state index in [4.69, 9.17) is 4.74 Å². The van der Waals surface area contributed by atoms with Crippen molar-refractivity contribution in [3.63, 3.8) is 0 Å². The van der Waals surface area contributed by atoms with Crippen LogP contribution in [0, 0.1) is 28.2 Å². The fraction of sp³-hybridized carbons (Fsp3) is 0.789. The Morgan fingerprint density at radius 2 is 1.95 bits per heavy atom. The molecule has 2 rings (SSSR count). The fourth-order valence-corrected chi connectivity index (χ4v) is 5.08. The largest absolute Gasteiger partial charge is 0.380 e. The minimum absolute atomic E-state index is 0.0702. The van der Waals surface area contributed by atoms with Crippen LogP contribution in [0.4, 0.5) is 0 Å². The van der Waals surface area contributed by atoms with Gasteiger partial charge in [0.1, 0.15) is 14.2 Å². The number of rotatable bonds is 1. The van der Waals surface area contributed by atoms with E-state index < -0.39 is 14.2 Å². The van der Waals surface area contributed by atoms with Gasteiger partial charge in [0, 0.05) is 11.3 Å². The topological polar surface area (TPSA) is 29.5 Å². The maximum atomic E-state index is 11.0. The molecule has 1 aliphatic heterocycles. The van der Waals surface area contributed by atoms with Gasteiger partial charge in [-0.3, -0.25) is 0 Å². The Morgan fingerprint density at radius 3 is 2.50 bits per heavy atom. The molecule has 0 aromatic carbocycles. The number of hydrogen-bond acceptors (Lipinski definition) is 2. The molecule has 1 heterocycles. The first-order chi connectivity index (χ1) is 10.0. The van der Waals surface area contributed by atoms with Gasteiger partial charge in [0.25, 0.3) is 0 Å². The molecule has 2 aliphatic rings. The van der Waals surface area contributed by atoms with Gasteiger partial charge in [-0.15, -0.1) is 5.54 Å². The summed E-state index contributed by atoms with van der Waals surface area (Å²) in [6, 6.07) is 0. The predicted molar refractivity (Wildman–Crippen MR) is 95.2 cm³/mol. The van der Waals surface area contributed by atoms with E-state index in [2.05, 4.69) is 64.9 Å². The first kappa shape index (κ1) is 17.8. The third-order valence-corrected chi connectivity index (χ3v) is 6.49. The van der Waals surface area contributed by atoms with Gasteiger partial charge < -0.3 is 9.84 Å². The summed E-state index contributed by atoms with van der Waals surface area (Å²) in [6.45, 7) is 16.3. The lowest BCUT2D eigenvalue weighted by atomic mass is 9.52. The molecule has 2 fully saturated rings. The molecular weight excluding hydrogens is 288 g/mol. The highest BCUT2D eigenvalue weighted by Crippen LogP contribution is 2.59. The number of allylic oxidation sites excluding steroid dienone is 1. The molecular formula is C19H32O2Si. The molecule has 0 unspecified atom stereocenters. The molecule has 0 aromatic heterocycles. The second-order valence-corrected chi connectivity index (χ2v) is 13.6. The zero-order valence-corrected chi connectivity index (χ0v) is 16.3. The molecule has 4 atom stereocenters. The number of aliphatic hydroxyl groups excluding tert-OH is 1. The molecule has 0 radical (unpaired) electrons. The lowest BCUT2D eigenvalue weighted by Gasteiger charge is -2.53. The minimum atomic E-state index is -1.48. The zero-order valence-electron chi connectivity index (χ0n) is 15.3. The normalized spacial score (nSPS) is 37.4. The van der Waals surface area contributed by atoms with Crippen LogP contribution in [0.1, 0.15) is 40.5 Å². The molecule has 0 spiro atoms. The van der Waals surface area contributed by atoms with Crippen molar-refractivity contribution in [2.45, 2.75) is 72.4 Å². The highest BCUT2D eigenvalue weighted by Gasteiger charge is 2.58. The Morgan fingerprint density at radius 1 is 1.32 bits per heavy atom. The zero-order chi connectivity index (χ0) is 16.8. The monoisotopic (exact) mass is 320 g/mol. The van der Waals surface area contributed by atoms with Crippen molar-refractivity contribution in [2.24, 2.45) is 16.7 Å². The van der Waals surface area contributed by atoms with Gasteiger partial charge in [-0.2, -0.15) is 0 Å². The Bertz CT molecular complexity index is 518. The lowest BCUT2D eigenvalue weighted by Crippen LogP contribution is -2.53. The van der Waals surface area contributed by atoms with E-state index in [-0.39, 0.29) is 22.9 Å². The molecule has 1 aliphatic carbocycles. The highest BCUT2D eigenvalue weighted by molar-refractivity contribution is 6.83. The Labute approximate surface area is 137 Å². The van der Waals surface area contributed by atoms with Gasteiger partial charge in [-0.25, -0.2) is 0 Å². The molecule has 3 heteroatoms. The minimum Gasteiger partial charge on any atom is -0.380 e. The standard InChI is InChI=1S/C19H32O2Si/c1-8-14-13-21-16-9-11-18(2,3)17(19(14,16)4)15(20)10-12-22(5,6)7/h8,15-17,20H,9,11,13H2,1-7H3/b14-8+/t15-,16-,17-,19-/m0/s1. The van der Waals surface area contributed by atoms with Crippen LogP contribution in [0.3, 0.4) is 0 Å². The molecule has 124 valence electrons. The molecule has 1 saturated carbocycles. The third-order valence-electron chi connectivity index (χ3n) is 5.60. The van der Waals surface area contributed by atoms with E-state index in [1.807, 2.05) is 0 Å². The van der Waals surface area contributed by atoms with Crippen molar-refractivity contribution >= 4 is 8.07 Å². The second kappa shape index (κ2) is 5.82. The van der Waals surface area contributed by atoms with Crippen molar-refractivity contribution in [3.05, 3.63) is 11.6 Å². The number of fused-ring (bicyclic) bond motifs is 1. The first-order valence-electron chi connectivity index (χ1n) is 8.50. The second-order valence-electron chi connectivity index (χ2n) is 8.87. The van der Waals surface area contributed by atoms with Crippen molar-refractivity contribution in [2.75, 3.05) is 6.61 Å². The van der Waals surface area contributed by atoms with Gasteiger partial charge in [0.05, 0.1) is 12.7 Å². The molecule has 2 nitrogen and oxygen atoms in total. The van der Waals surface area contributed by atoms with Crippen LogP contribution in [0.2, 0.25) is 19.6 Å². The Hall–Kier alpha value is -0.563. The number of ether oxygens (including phenoxy) is 1. The van der Waals surface area contributed by atoms with Crippen LogP contribution in [0.5, 0.6) is 0 Å². The molecule has 0 amide bonds. The fourth-order valence-electron chi connectivity index (χ4n) is 4.50. The third kappa shape index (κ3) is 3.06. The van der Waals surface area contributed by atoms with Crippen molar-refractivity contribution < 1.29 is 9.84 Å². The van der Waals surface area contributed by atoms with Crippen LogP contribution in [0.15, 0.2) is 11.6 Å². The molecule has 1 N–H and O–H groups in total.